The van der Waals surface area contributed by atoms with Gasteiger partial charge in [0.2, 0.25) is 0 Å². The van der Waals surface area contributed by atoms with Crippen LogP contribution in [-0.2, 0) is 11.8 Å². The Kier molecular flexibility index (Phi) is 4.09. The van der Waals surface area contributed by atoms with Gasteiger partial charge in [-0.25, -0.2) is 17.6 Å². The maximum atomic E-state index is 13.1. The molecule has 0 amide bonds. The number of ketones is 1. The molecule has 2 rings (SSSR count). The molecular formula is C17H14F4O. The SMILES string of the molecule is CC(F)(F)c1ccc(C(=O)c2ccc(C(C)(F)F)cc2)cc1. The normalized spacial score (nSPS) is 12.3. The molecule has 0 aliphatic rings. The van der Waals surface area contributed by atoms with Crippen LogP contribution in [-0.4, -0.2) is 5.78 Å². The van der Waals surface area contributed by atoms with Crippen molar-refractivity contribution >= 4 is 5.78 Å². The molecule has 0 saturated carbocycles. The summed E-state index contributed by atoms with van der Waals surface area (Å²) in [5, 5.41) is 0. The minimum atomic E-state index is -2.98. The molecule has 116 valence electrons. The number of rotatable bonds is 4. The second kappa shape index (κ2) is 5.55. The van der Waals surface area contributed by atoms with Crippen LogP contribution in [0.2, 0.25) is 0 Å². The molecule has 22 heavy (non-hydrogen) atoms. The van der Waals surface area contributed by atoms with Crippen LogP contribution in [0.5, 0.6) is 0 Å². The Hall–Kier alpha value is -2.17. The van der Waals surface area contributed by atoms with Crippen molar-refractivity contribution in [3.05, 3.63) is 70.8 Å². The molecule has 0 spiro atoms. The lowest BCUT2D eigenvalue weighted by molar-refractivity contribution is 0.0168. The fourth-order valence-corrected chi connectivity index (χ4v) is 2.00. The summed E-state index contributed by atoms with van der Waals surface area (Å²) in [6.07, 6.45) is 0. The van der Waals surface area contributed by atoms with E-state index in [1.807, 2.05) is 0 Å². The fraction of sp³-hybridized carbons (Fsp3) is 0.235. The van der Waals surface area contributed by atoms with E-state index in [0.29, 0.717) is 0 Å². The fourth-order valence-electron chi connectivity index (χ4n) is 2.00. The maximum absolute atomic E-state index is 13.1. The molecule has 0 radical (unpaired) electrons. The third-order valence-electron chi connectivity index (χ3n) is 3.31. The van der Waals surface area contributed by atoms with E-state index in [-0.39, 0.29) is 22.3 Å². The van der Waals surface area contributed by atoms with Crippen LogP contribution in [0, 0.1) is 0 Å². The maximum Gasteiger partial charge on any atom is 0.270 e. The topological polar surface area (TPSA) is 17.1 Å². The predicted octanol–water partition coefficient (Wildman–Crippen LogP) is 5.14. The van der Waals surface area contributed by atoms with Crippen molar-refractivity contribution < 1.29 is 22.4 Å². The largest absolute Gasteiger partial charge is 0.289 e. The highest BCUT2D eigenvalue weighted by molar-refractivity contribution is 6.09. The van der Waals surface area contributed by atoms with Crippen LogP contribution in [0.3, 0.4) is 0 Å². The van der Waals surface area contributed by atoms with Crippen molar-refractivity contribution in [2.24, 2.45) is 0 Å². The average Bonchev–Trinajstić information content (AvgIpc) is 2.45. The predicted molar refractivity (Wildman–Crippen MR) is 75.5 cm³/mol. The Bertz CT molecular complexity index is 602. The second-order valence-corrected chi connectivity index (χ2v) is 5.26. The van der Waals surface area contributed by atoms with Gasteiger partial charge in [0.1, 0.15) is 0 Å². The smallest absolute Gasteiger partial charge is 0.270 e. The van der Waals surface area contributed by atoms with Gasteiger partial charge in [0, 0.05) is 36.1 Å². The summed E-state index contributed by atoms with van der Waals surface area (Å²) >= 11 is 0. The zero-order chi connectivity index (χ0) is 16.5. The van der Waals surface area contributed by atoms with Crippen molar-refractivity contribution in [1.29, 1.82) is 0 Å². The lowest BCUT2D eigenvalue weighted by Crippen LogP contribution is -2.09. The summed E-state index contributed by atoms with van der Waals surface area (Å²) in [5.41, 5.74) is 0.0723. The number of hydrogen-bond donors (Lipinski definition) is 0. The van der Waals surface area contributed by atoms with Gasteiger partial charge in [-0.15, -0.1) is 0 Å². The number of hydrogen-bond acceptors (Lipinski definition) is 1. The molecule has 0 aromatic heterocycles. The molecule has 0 aliphatic heterocycles. The minimum Gasteiger partial charge on any atom is -0.289 e. The first kappa shape index (κ1) is 16.2. The van der Waals surface area contributed by atoms with Gasteiger partial charge in [-0.3, -0.25) is 4.79 Å². The second-order valence-electron chi connectivity index (χ2n) is 5.26. The summed E-state index contributed by atoms with van der Waals surface area (Å²) in [6, 6.07) is 9.94. The van der Waals surface area contributed by atoms with Gasteiger partial charge in [-0.1, -0.05) is 48.5 Å². The minimum absolute atomic E-state index is 0.190. The third-order valence-corrected chi connectivity index (χ3v) is 3.31. The quantitative estimate of drug-likeness (QED) is 0.564. The molecule has 2 aromatic rings. The van der Waals surface area contributed by atoms with Crippen molar-refractivity contribution in [1.82, 2.24) is 0 Å². The number of benzene rings is 2. The van der Waals surface area contributed by atoms with Gasteiger partial charge >= 0.3 is 0 Å². The van der Waals surface area contributed by atoms with E-state index >= 15 is 0 Å². The molecular weight excluding hydrogens is 296 g/mol. The molecule has 0 aliphatic carbocycles. The van der Waals surface area contributed by atoms with Crippen molar-refractivity contribution in [3.8, 4) is 0 Å². The van der Waals surface area contributed by atoms with E-state index in [4.69, 9.17) is 0 Å². The number of carbonyl (C=O) groups excluding carboxylic acids is 1. The number of halogens is 4. The highest BCUT2D eigenvalue weighted by Gasteiger charge is 2.25. The Morgan fingerprint density at radius 1 is 0.682 bits per heavy atom. The molecule has 0 atom stereocenters. The highest BCUT2D eigenvalue weighted by Crippen LogP contribution is 2.28. The lowest BCUT2D eigenvalue weighted by Gasteiger charge is -2.12. The zero-order valence-corrected chi connectivity index (χ0v) is 12.0. The van der Waals surface area contributed by atoms with E-state index in [0.717, 1.165) is 13.8 Å². The molecule has 0 N–H and O–H groups in total. The molecule has 0 saturated heterocycles. The molecule has 2 aromatic carbocycles. The van der Waals surface area contributed by atoms with Gasteiger partial charge in [0.05, 0.1) is 0 Å². The Labute approximate surface area is 125 Å². The van der Waals surface area contributed by atoms with Crippen LogP contribution >= 0.6 is 0 Å². The zero-order valence-electron chi connectivity index (χ0n) is 12.0. The Balaban J connectivity index is 2.25. The molecule has 0 heterocycles. The Morgan fingerprint density at radius 2 is 0.955 bits per heavy atom. The van der Waals surface area contributed by atoms with E-state index in [1.165, 1.54) is 48.5 Å². The standard InChI is InChI=1S/C17H14F4O/c1-16(18,19)13-7-3-11(4-8-13)15(22)12-5-9-14(10-6-12)17(2,20)21/h3-10H,1-2H3. The van der Waals surface area contributed by atoms with E-state index < -0.39 is 17.6 Å². The van der Waals surface area contributed by atoms with Crippen molar-refractivity contribution in [2.45, 2.75) is 25.7 Å². The summed E-state index contributed by atoms with van der Waals surface area (Å²) < 4.78 is 52.4. The monoisotopic (exact) mass is 310 g/mol. The number of alkyl halides is 4. The van der Waals surface area contributed by atoms with Gasteiger partial charge in [0.25, 0.3) is 11.8 Å². The average molecular weight is 310 g/mol. The molecule has 5 heteroatoms. The molecule has 0 unspecified atom stereocenters. The summed E-state index contributed by atoms with van der Waals surface area (Å²) in [5.74, 6) is -6.36. The Morgan fingerprint density at radius 3 is 1.18 bits per heavy atom. The van der Waals surface area contributed by atoms with Gasteiger partial charge in [0.15, 0.2) is 5.78 Å². The molecule has 1 nitrogen and oxygen atoms in total. The van der Waals surface area contributed by atoms with Crippen LogP contribution in [0.25, 0.3) is 0 Å². The van der Waals surface area contributed by atoms with E-state index in [1.54, 1.807) is 0 Å². The van der Waals surface area contributed by atoms with Crippen molar-refractivity contribution in [3.63, 3.8) is 0 Å². The van der Waals surface area contributed by atoms with Gasteiger partial charge in [-0.2, -0.15) is 0 Å². The summed E-state index contributed by atoms with van der Waals surface area (Å²) in [6.45, 7) is 1.54. The van der Waals surface area contributed by atoms with Gasteiger partial charge in [-0.05, 0) is 0 Å². The van der Waals surface area contributed by atoms with Gasteiger partial charge < -0.3 is 0 Å². The first-order chi connectivity index (χ1) is 10.1. The summed E-state index contributed by atoms with van der Waals surface area (Å²) in [4.78, 5) is 12.2. The van der Waals surface area contributed by atoms with Crippen LogP contribution < -0.4 is 0 Å². The van der Waals surface area contributed by atoms with E-state index in [2.05, 4.69) is 0 Å². The van der Waals surface area contributed by atoms with E-state index in [9.17, 15) is 22.4 Å². The molecule has 0 bridgehead atoms. The van der Waals surface area contributed by atoms with Crippen molar-refractivity contribution in [2.75, 3.05) is 0 Å². The van der Waals surface area contributed by atoms with Crippen LogP contribution in [0.1, 0.15) is 40.9 Å². The third kappa shape index (κ3) is 3.53. The van der Waals surface area contributed by atoms with Crippen LogP contribution in [0.15, 0.2) is 48.5 Å². The molecule has 0 fully saturated rings. The first-order valence-electron chi connectivity index (χ1n) is 6.60. The lowest BCUT2D eigenvalue weighted by atomic mass is 9.99. The van der Waals surface area contributed by atoms with Crippen LogP contribution in [0.4, 0.5) is 17.6 Å². The number of carbonyl (C=O) groups is 1. The highest BCUT2D eigenvalue weighted by atomic mass is 19.3. The summed E-state index contributed by atoms with van der Waals surface area (Å²) in [7, 11) is 0. The first-order valence-corrected chi connectivity index (χ1v) is 6.60.